The van der Waals surface area contributed by atoms with Crippen molar-refractivity contribution in [2.45, 2.75) is 37.0 Å². The zero-order chi connectivity index (χ0) is 18.1. The average Bonchev–Trinajstić information content (AvgIpc) is 2.44. The summed E-state index contributed by atoms with van der Waals surface area (Å²) in [5, 5.41) is 8.95. The third-order valence-electron chi connectivity index (χ3n) is 3.55. The molecule has 1 aromatic rings. The van der Waals surface area contributed by atoms with Gasteiger partial charge in [-0.05, 0) is 13.0 Å². The average molecular weight is 343 g/mol. The normalized spacial score (nSPS) is 15.8. The van der Waals surface area contributed by atoms with Gasteiger partial charge in [0.1, 0.15) is 0 Å². The van der Waals surface area contributed by atoms with Crippen molar-refractivity contribution in [3.05, 3.63) is 35.4 Å². The van der Waals surface area contributed by atoms with Gasteiger partial charge in [0, 0.05) is 19.1 Å². The molecular formula is C14H12F7NO. The maximum atomic E-state index is 14.0. The van der Waals surface area contributed by atoms with Crippen molar-refractivity contribution in [3.63, 3.8) is 0 Å². The van der Waals surface area contributed by atoms with Gasteiger partial charge in [0.2, 0.25) is 0 Å². The fraction of sp³-hybridized carbons (Fsp3) is 0.500. The minimum absolute atomic E-state index is 0.205. The molecule has 0 aromatic heterocycles. The largest absolute Gasteiger partial charge is 0.431 e. The van der Waals surface area contributed by atoms with Crippen LogP contribution < -0.4 is 0 Å². The number of alkyl halides is 7. The standard InChI is InChI=1S/C14H12F7NO/c1-11(23-2,10-6-4-3-5-9(10)7-22)8-12(15,13(16,17)18)14(19,20)21/h3-6H,8H2,1-2H3. The Kier molecular flexibility index (Phi) is 5.01. The van der Waals surface area contributed by atoms with Crippen LogP contribution in [0.1, 0.15) is 24.5 Å². The van der Waals surface area contributed by atoms with Crippen LogP contribution in [0.2, 0.25) is 0 Å². The first-order valence-electron chi connectivity index (χ1n) is 6.19. The second kappa shape index (κ2) is 6.00. The van der Waals surface area contributed by atoms with E-state index >= 15 is 0 Å². The van der Waals surface area contributed by atoms with E-state index in [1.54, 1.807) is 6.07 Å². The quantitative estimate of drug-likeness (QED) is 0.746. The number of hydrogen-bond acceptors (Lipinski definition) is 2. The first-order valence-corrected chi connectivity index (χ1v) is 6.19. The summed E-state index contributed by atoms with van der Waals surface area (Å²) in [4.78, 5) is 0. The molecule has 0 saturated carbocycles. The van der Waals surface area contributed by atoms with Gasteiger partial charge in [-0.1, -0.05) is 18.2 Å². The van der Waals surface area contributed by atoms with Gasteiger partial charge in [0.15, 0.2) is 0 Å². The zero-order valence-corrected chi connectivity index (χ0v) is 12.0. The lowest BCUT2D eigenvalue weighted by molar-refractivity contribution is -0.353. The number of ether oxygens (including phenoxy) is 1. The Morgan fingerprint density at radius 1 is 1.00 bits per heavy atom. The molecule has 2 nitrogen and oxygen atoms in total. The summed E-state index contributed by atoms with van der Waals surface area (Å²) in [6, 6.07) is 6.61. The molecule has 0 spiro atoms. The summed E-state index contributed by atoms with van der Waals surface area (Å²) >= 11 is 0. The van der Waals surface area contributed by atoms with Gasteiger partial charge in [0.05, 0.1) is 17.2 Å². The number of rotatable bonds is 4. The van der Waals surface area contributed by atoms with Crippen molar-refractivity contribution in [2.75, 3.05) is 7.11 Å². The molecule has 9 heteroatoms. The van der Waals surface area contributed by atoms with Crippen LogP contribution in [0.5, 0.6) is 0 Å². The Bertz CT molecular complexity index is 588. The number of benzene rings is 1. The first kappa shape index (κ1) is 19.2. The van der Waals surface area contributed by atoms with Crippen molar-refractivity contribution in [1.29, 1.82) is 5.26 Å². The number of hydrogen-bond donors (Lipinski definition) is 0. The van der Waals surface area contributed by atoms with Crippen molar-refractivity contribution < 1.29 is 35.5 Å². The number of methoxy groups -OCH3 is 1. The van der Waals surface area contributed by atoms with Crippen molar-refractivity contribution in [3.8, 4) is 6.07 Å². The topological polar surface area (TPSA) is 33.0 Å². The van der Waals surface area contributed by atoms with Crippen LogP contribution in [0, 0.1) is 11.3 Å². The molecule has 0 radical (unpaired) electrons. The Morgan fingerprint density at radius 2 is 1.48 bits per heavy atom. The predicted molar refractivity (Wildman–Crippen MR) is 66.1 cm³/mol. The predicted octanol–water partition coefficient (Wildman–Crippen LogP) is 4.64. The molecule has 128 valence electrons. The van der Waals surface area contributed by atoms with Gasteiger partial charge in [-0.2, -0.15) is 31.6 Å². The van der Waals surface area contributed by atoms with E-state index < -0.39 is 30.0 Å². The molecule has 0 fully saturated rings. The summed E-state index contributed by atoms with van der Waals surface area (Å²) in [6.45, 7) is 0.870. The lowest BCUT2D eigenvalue weighted by Crippen LogP contribution is -2.56. The van der Waals surface area contributed by atoms with E-state index in [4.69, 9.17) is 10.00 Å². The molecule has 0 aliphatic heterocycles. The van der Waals surface area contributed by atoms with Crippen LogP contribution in [-0.4, -0.2) is 25.1 Å². The molecule has 0 aliphatic rings. The summed E-state index contributed by atoms with van der Waals surface area (Å²) in [5.41, 5.74) is -8.26. The molecule has 1 rings (SSSR count). The SMILES string of the molecule is COC(C)(CC(F)(C(F)(F)F)C(F)(F)F)c1ccccc1C#N. The van der Waals surface area contributed by atoms with E-state index in [2.05, 4.69) is 0 Å². The van der Waals surface area contributed by atoms with E-state index in [9.17, 15) is 30.7 Å². The van der Waals surface area contributed by atoms with E-state index in [0.717, 1.165) is 20.1 Å². The molecular weight excluding hydrogens is 331 g/mol. The fourth-order valence-electron chi connectivity index (χ4n) is 2.15. The third-order valence-corrected chi connectivity index (χ3v) is 3.55. The molecule has 0 aliphatic carbocycles. The summed E-state index contributed by atoms with van der Waals surface area (Å²) in [6.07, 6.45) is -14.4. The van der Waals surface area contributed by atoms with Crippen molar-refractivity contribution in [2.24, 2.45) is 0 Å². The monoisotopic (exact) mass is 343 g/mol. The van der Waals surface area contributed by atoms with Gasteiger partial charge >= 0.3 is 18.0 Å². The Morgan fingerprint density at radius 3 is 1.87 bits per heavy atom. The zero-order valence-electron chi connectivity index (χ0n) is 12.0. The summed E-state index contributed by atoms with van der Waals surface area (Å²) < 4.78 is 95.3. The molecule has 0 N–H and O–H groups in total. The third kappa shape index (κ3) is 3.42. The molecule has 0 bridgehead atoms. The van der Waals surface area contributed by atoms with E-state index in [0.29, 0.717) is 0 Å². The van der Waals surface area contributed by atoms with E-state index in [1.807, 2.05) is 0 Å². The number of nitrogens with zero attached hydrogens (tertiary/aromatic N) is 1. The molecule has 1 atom stereocenters. The van der Waals surface area contributed by atoms with E-state index in [-0.39, 0.29) is 11.1 Å². The Labute approximate surface area is 127 Å². The second-order valence-electron chi connectivity index (χ2n) is 5.07. The van der Waals surface area contributed by atoms with Crippen LogP contribution in [0.4, 0.5) is 30.7 Å². The maximum Gasteiger partial charge on any atom is 0.431 e. The second-order valence-corrected chi connectivity index (χ2v) is 5.07. The van der Waals surface area contributed by atoms with Gasteiger partial charge in [-0.15, -0.1) is 0 Å². The molecule has 0 saturated heterocycles. The van der Waals surface area contributed by atoms with Crippen LogP contribution >= 0.6 is 0 Å². The molecule has 1 aromatic carbocycles. The molecule has 1 unspecified atom stereocenters. The highest BCUT2D eigenvalue weighted by molar-refractivity contribution is 5.41. The lowest BCUT2D eigenvalue weighted by atomic mass is 9.81. The number of nitriles is 1. The van der Waals surface area contributed by atoms with Crippen molar-refractivity contribution in [1.82, 2.24) is 0 Å². The highest BCUT2D eigenvalue weighted by atomic mass is 19.4. The fourth-order valence-corrected chi connectivity index (χ4v) is 2.15. The first-order chi connectivity index (χ1) is 10.3. The highest BCUT2D eigenvalue weighted by Crippen LogP contribution is 2.52. The van der Waals surface area contributed by atoms with Gasteiger partial charge in [-0.3, -0.25) is 0 Å². The maximum absolute atomic E-state index is 14.0. The molecule has 0 heterocycles. The van der Waals surface area contributed by atoms with Crippen molar-refractivity contribution >= 4 is 0 Å². The summed E-state index contributed by atoms with van der Waals surface area (Å²) in [5.74, 6) is 0. The minimum Gasteiger partial charge on any atom is -0.374 e. The van der Waals surface area contributed by atoms with E-state index in [1.165, 1.54) is 18.2 Å². The Hall–Kier alpha value is -1.82. The highest BCUT2D eigenvalue weighted by Gasteiger charge is 2.74. The number of halogens is 7. The smallest absolute Gasteiger partial charge is 0.374 e. The Balaban J connectivity index is 3.48. The van der Waals surface area contributed by atoms with Gasteiger partial charge < -0.3 is 4.74 Å². The minimum atomic E-state index is -6.19. The summed E-state index contributed by atoms with van der Waals surface area (Å²) in [7, 11) is 0.849. The van der Waals surface area contributed by atoms with Crippen LogP contribution in [0.25, 0.3) is 0 Å². The van der Waals surface area contributed by atoms with Crippen LogP contribution in [0.3, 0.4) is 0 Å². The molecule has 0 amide bonds. The van der Waals surface area contributed by atoms with Crippen LogP contribution in [0.15, 0.2) is 24.3 Å². The van der Waals surface area contributed by atoms with Gasteiger partial charge in [-0.25, -0.2) is 4.39 Å². The van der Waals surface area contributed by atoms with Gasteiger partial charge in [0.25, 0.3) is 0 Å². The van der Waals surface area contributed by atoms with Crippen LogP contribution in [-0.2, 0) is 10.3 Å². The lowest BCUT2D eigenvalue weighted by Gasteiger charge is -2.38. The molecule has 23 heavy (non-hydrogen) atoms.